The monoisotopic (exact) mass is 224 g/mol. The summed E-state index contributed by atoms with van der Waals surface area (Å²) in [4.78, 5) is 10.7. The van der Waals surface area contributed by atoms with Crippen molar-refractivity contribution in [1.29, 1.82) is 0 Å². The van der Waals surface area contributed by atoms with Gasteiger partial charge < -0.3 is 17.2 Å². The van der Waals surface area contributed by atoms with E-state index in [0.29, 0.717) is 6.04 Å². The van der Waals surface area contributed by atoms with Gasteiger partial charge in [0.2, 0.25) is 5.96 Å². The van der Waals surface area contributed by atoms with Gasteiger partial charge in [-0.3, -0.25) is 4.90 Å². The van der Waals surface area contributed by atoms with E-state index in [1.807, 2.05) is 0 Å². The van der Waals surface area contributed by atoms with Crippen LogP contribution in [0.4, 0.5) is 0 Å². The number of nitrogens with two attached hydrogens (primary N) is 3. The highest BCUT2D eigenvalue weighted by molar-refractivity contribution is 5.92. The summed E-state index contributed by atoms with van der Waals surface area (Å²) < 4.78 is 0. The fraction of sp³-hybridized carbons (Fsp3) is 0.800. The van der Waals surface area contributed by atoms with Crippen molar-refractivity contribution in [1.82, 2.24) is 4.90 Å². The highest BCUT2D eigenvalue weighted by Crippen LogP contribution is 2.29. The van der Waals surface area contributed by atoms with Crippen molar-refractivity contribution >= 4 is 11.9 Å². The molecule has 6 nitrogen and oxygen atoms in total. The van der Waals surface area contributed by atoms with Crippen molar-refractivity contribution in [3.8, 4) is 0 Å². The summed E-state index contributed by atoms with van der Waals surface area (Å²) in [5.74, 6) is 0.178. The van der Waals surface area contributed by atoms with Crippen LogP contribution in [0.1, 0.15) is 25.7 Å². The molecule has 16 heavy (non-hydrogen) atoms. The molecule has 2 rings (SSSR count). The van der Waals surface area contributed by atoms with Crippen molar-refractivity contribution in [2.75, 3.05) is 13.1 Å². The zero-order chi connectivity index (χ0) is 11.5. The van der Waals surface area contributed by atoms with Crippen LogP contribution in [-0.2, 0) is 0 Å². The molecule has 90 valence electrons. The van der Waals surface area contributed by atoms with E-state index in [1.54, 1.807) is 0 Å². The molecule has 0 bridgehead atoms. The minimum atomic E-state index is -0.0280. The molecule has 2 saturated heterocycles. The Morgan fingerprint density at radius 3 is 2.62 bits per heavy atom. The van der Waals surface area contributed by atoms with Gasteiger partial charge in [0.1, 0.15) is 0 Å². The fourth-order valence-electron chi connectivity index (χ4n) is 2.70. The van der Waals surface area contributed by atoms with Crippen LogP contribution in [0.5, 0.6) is 0 Å². The van der Waals surface area contributed by atoms with E-state index < -0.39 is 0 Å². The second-order valence-corrected chi connectivity index (χ2v) is 4.48. The number of nitrogens with zero attached hydrogens (tertiary/aromatic N) is 3. The van der Waals surface area contributed by atoms with Gasteiger partial charge in [-0.25, -0.2) is 4.99 Å². The largest absolute Gasteiger partial charge is 0.370 e. The third-order valence-electron chi connectivity index (χ3n) is 3.36. The van der Waals surface area contributed by atoms with Crippen LogP contribution in [0.2, 0.25) is 0 Å². The third kappa shape index (κ3) is 2.44. The molecular weight excluding hydrogens is 204 g/mol. The molecule has 2 aliphatic heterocycles. The van der Waals surface area contributed by atoms with Gasteiger partial charge in [-0.2, -0.15) is 4.99 Å². The lowest BCUT2D eigenvalue weighted by Crippen LogP contribution is -2.39. The predicted molar refractivity (Wildman–Crippen MR) is 65.0 cm³/mol. The highest BCUT2D eigenvalue weighted by Gasteiger charge is 2.35. The van der Waals surface area contributed by atoms with Crippen LogP contribution in [-0.4, -0.2) is 42.0 Å². The first kappa shape index (κ1) is 11.2. The number of fused-ring (bicyclic) bond motifs is 1. The molecule has 2 heterocycles. The van der Waals surface area contributed by atoms with E-state index in [2.05, 4.69) is 14.9 Å². The Morgan fingerprint density at radius 2 is 1.88 bits per heavy atom. The zero-order valence-electron chi connectivity index (χ0n) is 9.47. The second kappa shape index (κ2) is 4.69. The molecule has 0 spiro atoms. The van der Waals surface area contributed by atoms with Crippen LogP contribution in [0.15, 0.2) is 9.98 Å². The standard InChI is InChI=1S/C10H20N6/c11-9(12)15-10(13)14-7-4-6-16-5-2-1-3-8(7)16/h7-8H,1-6H2,(H6,11,12,13,14,15). The maximum Gasteiger partial charge on any atom is 0.218 e. The number of hydrogen-bond acceptors (Lipinski definition) is 2. The molecule has 2 fully saturated rings. The summed E-state index contributed by atoms with van der Waals surface area (Å²) in [6.45, 7) is 2.31. The Balaban J connectivity index is 2.02. The van der Waals surface area contributed by atoms with E-state index in [0.717, 1.165) is 13.0 Å². The first-order valence-corrected chi connectivity index (χ1v) is 5.84. The first-order chi connectivity index (χ1) is 7.66. The topological polar surface area (TPSA) is 106 Å². The number of rotatable bonds is 1. The third-order valence-corrected chi connectivity index (χ3v) is 3.36. The SMILES string of the molecule is NC(N)=NC(N)=NC1CCN2CCCCC12. The highest BCUT2D eigenvalue weighted by atomic mass is 15.2. The van der Waals surface area contributed by atoms with Crippen molar-refractivity contribution in [2.45, 2.75) is 37.8 Å². The summed E-state index contributed by atoms with van der Waals surface area (Å²) in [6, 6.07) is 0.810. The maximum absolute atomic E-state index is 5.66. The van der Waals surface area contributed by atoms with Crippen LogP contribution >= 0.6 is 0 Å². The number of piperidine rings is 1. The van der Waals surface area contributed by atoms with Crippen molar-refractivity contribution in [3.63, 3.8) is 0 Å². The van der Waals surface area contributed by atoms with Gasteiger partial charge in [0, 0.05) is 12.6 Å². The second-order valence-electron chi connectivity index (χ2n) is 4.48. The predicted octanol–water partition coefficient (Wildman–Crippen LogP) is -0.799. The Hall–Kier alpha value is -1.30. The van der Waals surface area contributed by atoms with Crippen LogP contribution in [0.25, 0.3) is 0 Å². The smallest absolute Gasteiger partial charge is 0.218 e. The molecule has 2 unspecified atom stereocenters. The summed E-state index contributed by atoms with van der Waals surface area (Å²) >= 11 is 0. The Labute approximate surface area is 95.6 Å². The molecule has 0 amide bonds. The van der Waals surface area contributed by atoms with Gasteiger partial charge in [0.25, 0.3) is 0 Å². The molecule has 0 radical (unpaired) electrons. The molecule has 0 aromatic carbocycles. The van der Waals surface area contributed by atoms with E-state index in [1.165, 1.54) is 25.8 Å². The average molecular weight is 224 g/mol. The van der Waals surface area contributed by atoms with Crippen LogP contribution in [0.3, 0.4) is 0 Å². The first-order valence-electron chi connectivity index (χ1n) is 5.84. The number of aliphatic imine (C=N–C) groups is 2. The van der Waals surface area contributed by atoms with Crippen molar-refractivity contribution in [3.05, 3.63) is 0 Å². The molecular formula is C10H20N6. The molecule has 2 aliphatic rings. The maximum atomic E-state index is 5.66. The molecule has 0 saturated carbocycles. The van der Waals surface area contributed by atoms with E-state index >= 15 is 0 Å². The van der Waals surface area contributed by atoms with Gasteiger partial charge >= 0.3 is 0 Å². The number of hydrogen-bond donors (Lipinski definition) is 3. The van der Waals surface area contributed by atoms with Gasteiger partial charge in [-0.15, -0.1) is 0 Å². The van der Waals surface area contributed by atoms with Crippen molar-refractivity contribution in [2.24, 2.45) is 27.2 Å². The lowest BCUT2D eigenvalue weighted by atomic mass is 9.99. The van der Waals surface area contributed by atoms with Crippen LogP contribution in [0, 0.1) is 0 Å². The van der Waals surface area contributed by atoms with Gasteiger partial charge in [-0.05, 0) is 25.8 Å². The summed E-state index contributed by atoms with van der Waals surface area (Å²) in [6.07, 6.45) is 4.86. The molecule has 0 aromatic rings. The molecule has 6 heteroatoms. The molecule has 0 aliphatic carbocycles. The molecule has 0 aromatic heterocycles. The molecule has 6 N–H and O–H groups in total. The van der Waals surface area contributed by atoms with E-state index in [9.17, 15) is 0 Å². The lowest BCUT2D eigenvalue weighted by molar-refractivity contribution is 0.190. The van der Waals surface area contributed by atoms with E-state index in [-0.39, 0.29) is 18.0 Å². The van der Waals surface area contributed by atoms with Crippen molar-refractivity contribution < 1.29 is 0 Å². The normalized spacial score (nSPS) is 31.1. The van der Waals surface area contributed by atoms with E-state index in [4.69, 9.17) is 17.2 Å². The fourth-order valence-corrected chi connectivity index (χ4v) is 2.70. The average Bonchev–Trinajstić information content (AvgIpc) is 2.61. The minimum Gasteiger partial charge on any atom is -0.370 e. The van der Waals surface area contributed by atoms with Crippen LogP contribution < -0.4 is 17.2 Å². The summed E-state index contributed by atoms with van der Waals surface area (Å²) in [7, 11) is 0. The Kier molecular flexibility index (Phi) is 3.28. The molecule has 2 atom stereocenters. The van der Waals surface area contributed by atoms with Gasteiger partial charge in [0.15, 0.2) is 5.96 Å². The number of guanidine groups is 2. The quantitative estimate of drug-likeness (QED) is 0.400. The Bertz CT molecular complexity index is 306. The lowest BCUT2D eigenvalue weighted by Gasteiger charge is -2.30. The summed E-state index contributed by atoms with van der Waals surface area (Å²) in [5.41, 5.74) is 16.2. The van der Waals surface area contributed by atoms with Gasteiger partial charge in [0.05, 0.1) is 6.04 Å². The summed E-state index contributed by atoms with van der Waals surface area (Å²) in [5, 5.41) is 0. The Morgan fingerprint density at radius 1 is 1.06 bits per heavy atom. The zero-order valence-corrected chi connectivity index (χ0v) is 9.47. The van der Waals surface area contributed by atoms with Gasteiger partial charge in [-0.1, -0.05) is 6.42 Å². The minimum absolute atomic E-state index is 0.0280.